The molecule has 1 atom stereocenters. The molecule has 0 bridgehead atoms. The molecular weight excluding hydrogens is 248 g/mol. The number of hydrogen-bond acceptors (Lipinski definition) is 5. The first-order valence-corrected chi connectivity index (χ1v) is 6.37. The predicted octanol–water partition coefficient (Wildman–Crippen LogP) is 3.17. The number of nitro groups is 1. The van der Waals surface area contributed by atoms with Gasteiger partial charge in [-0.3, -0.25) is 10.1 Å². The molecule has 1 aliphatic rings. The fourth-order valence-corrected chi connectivity index (χ4v) is 2.14. The van der Waals surface area contributed by atoms with Crippen molar-refractivity contribution < 1.29 is 14.4 Å². The Labute approximate surface area is 111 Å². The van der Waals surface area contributed by atoms with Crippen LogP contribution in [0.4, 0.5) is 11.4 Å². The molecule has 1 aliphatic heterocycles. The van der Waals surface area contributed by atoms with Crippen molar-refractivity contribution in [3.63, 3.8) is 0 Å². The molecule has 0 amide bonds. The number of nitrogens with one attached hydrogen (secondary N) is 1. The number of hydrogen-bond donors (Lipinski definition) is 1. The molecule has 0 saturated heterocycles. The van der Waals surface area contributed by atoms with Gasteiger partial charge in [0.25, 0.3) is 5.69 Å². The number of rotatable bonds is 5. The molecule has 0 saturated carbocycles. The molecule has 1 aromatic rings. The van der Waals surface area contributed by atoms with E-state index in [9.17, 15) is 10.1 Å². The molecule has 6 nitrogen and oxygen atoms in total. The summed E-state index contributed by atoms with van der Waals surface area (Å²) in [5.41, 5.74) is 0.498. The molecule has 1 N–H and O–H groups in total. The largest absolute Gasteiger partial charge is 0.454 e. The zero-order valence-electron chi connectivity index (χ0n) is 11.3. The van der Waals surface area contributed by atoms with E-state index in [4.69, 9.17) is 9.47 Å². The lowest BCUT2D eigenvalue weighted by Crippen LogP contribution is -2.25. The Morgan fingerprint density at radius 1 is 1.37 bits per heavy atom. The summed E-state index contributed by atoms with van der Waals surface area (Å²) in [6, 6.07) is 3.24. The maximum absolute atomic E-state index is 11.1. The molecule has 0 spiro atoms. The van der Waals surface area contributed by atoms with Crippen LogP contribution in [-0.2, 0) is 0 Å². The summed E-state index contributed by atoms with van der Waals surface area (Å²) in [7, 11) is 0. The molecule has 0 fully saturated rings. The Morgan fingerprint density at radius 2 is 2.00 bits per heavy atom. The highest BCUT2D eigenvalue weighted by atomic mass is 16.7. The van der Waals surface area contributed by atoms with E-state index in [1.807, 2.05) is 0 Å². The summed E-state index contributed by atoms with van der Waals surface area (Å²) in [6.45, 7) is 6.33. The van der Waals surface area contributed by atoms with E-state index in [-0.39, 0.29) is 18.5 Å². The third-order valence-electron chi connectivity index (χ3n) is 3.27. The molecule has 1 unspecified atom stereocenters. The fraction of sp³-hybridized carbons (Fsp3) is 0.538. The average Bonchev–Trinajstić information content (AvgIpc) is 2.81. The van der Waals surface area contributed by atoms with Crippen LogP contribution in [0, 0.1) is 16.0 Å². The van der Waals surface area contributed by atoms with E-state index in [0.29, 0.717) is 23.1 Å². The van der Waals surface area contributed by atoms with Crippen molar-refractivity contribution >= 4 is 11.4 Å². The van der Waals surface area contributed by atoms with Crippen LogP contribution in [0.5, 0.6) is 11.5 Å². The van der Waals surface area contributed by atoms with Crippen molar-refractivity contribution in [1.82, 2.24) is 0 Å². The monoisotopic (exact) mass is 266 g/mol. The van der Waals surface area contributed by atoms with Gasteiger partial charge in [0, 0.05) is 12.1 Å². The third kappa shape index (κ3) is 2.72. The van der Waals surface area contributed by atoms with Gasteiger partial charge in [-0.15, -0.1) is 0 Å². The van der Waals surface area contributed by atoms with Crippen molar-refractivity contribution in [1.29, 1.82) is 0 Å². The van der Waals surface area contributed by atoms with Gasteiger partial charge in [-0.1, -0.05) is 20.8 Å². The molecule has 0 aliphatic carbocycles. The van der Waals surface area contributed by atoms with Gasteiger partial charge in [0.2, 0.25) is 6.79 Å². The van der Waals surface area contributed by atoms with E-state index in [1.54, 1.807) is 6.07 Å². The second-order valence-corrected chi connectivity index (χ2v) is 4.88. The van der Waals surface area contributed by atoms with Crippen molar-refractivity contribution in [2.24, 2.45) is 5.92 Å². The first-order valence-electron chi connectivity index (χ1n) is 6.37. The molecule has 1 aromatic carbocycles. The lowest BCUT2D eigenvalue weighted by molar-refractivity contribution is -0.384. The molecule has 104 valence electrons. The Hall–Kier alpha value is -1.98. The van der Waals surface area contributed by atoms with Gasteiger partial charge < -0.3 is 14.8 Å². The smallest absolute Gasteiger partial charge is 0.296 e. The van der Waals surface area contributed by atoms with Crippen LogP contribution in [0.2, 0.25) is 0 Å². The van der Waals surface area contributed by atoms with Gasteiger partial charge >= 0.3 is 0 Å². The van der Waals surface area contributed by atoms with Crippen LogP contribution in [0.1, 0.15) is 27.2 Å². The third-order valence-corrected chi connectivity index (χ3v) is 3.27. The van der Waals surface area contributed by atoms with Crippen LogP contribution in [0.3, 0.4) is 0 Å². The first-order chi connectivity index (χ1) is 9.02. The summed E-state index contributed by atoms with van der Waals surface area (Å²) in [4.78, 5) is 10.7. The second-order valence-electron chi connectivity index (χ2n) is 4.88. The van der Waals surface area contributed by atoms with E-state index >= 15 is 0 Å². The van der Waals surface area contributed by atoms with Crippen molar-refractivity contribution in [3.8, 4) is 11.5 Å². The second kappa shape index (κ2) is 5.34. The van der Waals surface area contributed by atoms with Crippen molar-refractivity contribution in [2.75, 3.05) is 12.1 Å². The van der Waals surface area contributed by atoms with E-state index < -0.39 is 4.92 Å². The lowest BCUT2D eigenvalue weighted by Gasteiger charge is -2.21. The zero-order valence-corrected chi connectivity index (χ0v) is 11.3. The molecule has 1 heterocycles. The van der Waals surface area contributed by atoms with E-state index in [0.717, 1.165) is 6.42 Å². The summed E-state index contributed by atoms with van der Waals surface area (Å²) in [5, 5.41) is 14.4. The average molecular weight is 266 g/mol. The quantitative estimate of drug-likeness (QED) is 0.654. The number of ether oxygens (including phenoxy) is 2. The molecule has 6 heteroatoms. The minimum atomic E-state index is -0.405. The SMILES string of the molecule is CCC(Nc1cc2c(cc1[N+](=O)[O-])OCO2)C(C)C. The molecular formula is C13H18N2O4. The number of fused-ring (bicyclic) bond motifs is 1. The van der Waals surface area contributed by atoms with E-state index in [1.165, 1.54) is 6.07 Å². The minimum Gasteiger partial charge on any atom is -0.454 e. The number of nitrogens with zero attached hydrogens (tertiary/aromatic N) is 1. The standard InChI is InChI=1S/C13H18N2O4/c1-4-9(8(2)3)14-10-5-12-13(19-7-18-12)6-11(10)15(16)17/h5-6,8-9,14H,4,7H2,1-3H3. The van der Waals surface area contributed by atoms with Crippen LogP contribution in [0.25, 0.3) is 0 Å². The van der Waals surface area contributed by atoms with Crippen LogP contribution >= 0.6 is 0 Å². The molecule has 19 heavy (non-hydrogen) atoms. The Morgan fingerprint density at radius 3 is 2.53 bits per heavy atom. The normalized spacial score (nSPS) is 14.5. The highest BCUT2D eigenvalue weighted by molar-refractivity contribution is 5.69. The summed E-state index contributed by atoms with van der Waals surface area (Å²) in [6.07, 6.45) is 0.892. The molecule has 0 aromatic heterocycles. The van der Waals surface area contributed by atoms with Gasteiger partial charge in [0.05, 0.1) is 11.0 Å². The lowest BCUT2D eigenvalue weighted by atomic mass is 10.0. The Kier molecular flexibility index (Phi) is 3.78. The summed E-state index contributed by atoms with van der Waals surface area (Å²) >= 11 is 0. The summed E-state index contributed by atoms with van der Waals surface area (Å²) in [5.74, 6) is 1.36. The van der Waals surface area contributed by atoms with Crippen LogP contribution in [0.15, 0.2) is 12.1 Å². The fourth-order valence-electron chi connectivity index (χ4n) is 2.14. The topological polar surface area (TPSA) is 73.6 Å². The highest BCUT2D eigenvalue weighted by Gasteiger charge is 2.25. The van der Waals surface area contributed by atoms with Gasteiger partial charge in [-0.05, 0) is 12.3 Å². The van der Waals surface area contributed by atoms with Crippen molar-refractivity contribution in [2.45, 2.75) is 33.2 Å². The van der Waals surface area contributed by atoms with Gasteiger partial charge in [-0.2, -0.15) is 0 Å². The van der Waals surface area contributed by atoms with Gasteiger partial charge in [0.15, 0.2) is 11.5 Å². The number of anilines is 1. The highest BCUT2D eigenvalue weighted by Crippen LogP contribution is 2.41. The first kappa shape index (κ1) is 13.5. The maximum Gasteiger partial charge on any atom is 0.296 e. The maximum atomic E-state index is 11.1. The Balaban J connectivity index is 2.35. The Bertz CT molecular complexity index is 488. The van der Waals surface area contributed by atoms with Gasteiger partial charge in [0.1, 0.15) is 5.69 Å². The van der Waals surface area contributed by atoms with Crippen LogP contribution in [-0.4, -0.2) is 17.8 Å². The van der Waals surface area contributed by atoms with Crippen molar-refractivity contribution in [3.05, 3.63) is 22.2 Å². The number of benzene rings is 1. The summed E-state index contributed by atoms with van der Waals surface area (Å²) < 4.78 is 10.4. The minimum absolute atomic E-state index is 0.0170. The van der Waals surface area contributed by atoms with E-state index in [2.05, 4.69) is 26.1 Å². The van der Waals surface area contributed by atoms with Crippen LogP contribution < -0.4 is 14.8 Å². The number of nitro benzene ring substituents is 1. The zero-order chi connectivity index (χ0) is 14.0. The predicted molar refractivity (Wildman–Crippen MR) is 71.8 cm³/mol. The molecule has 0 radical (unpaired) electrons. The van der Waals surface area contributed by atoms with Gasteiger partial charge in [-0.25, -0.2) is 0 Å². The molecule has 2 rings (SSSR count).